The molecule has 8 heavy (non-hydrogen) atoms. The molecule has 1 rings (SSSR count). The Kier molecular flexibility index (Phi) is 4.97. The van der Waals surface area contributed by atoms with Gasteiger partial charge < -0.3 is 4.90 Å². The molecule has 1 nitrogen and oxygen atoms in total. The van der Waals surface area contributed by atoms with Gasteiger partial charge in [-0.05, 0) is 5.41 Å². The van der Waals surface area contributed by atoms with Crippen molar-refractivity contribution in [1.29, 1.82) is 0 Å². The highest BCUT2D eigenvalue weighted by Crippen LogP contribution is 2.11. The summed E-state index contributed by atoms with van der Waals surface area (Å²) in [6.07, 6.45) is 2.07. The molecule has 0 saturated carbocycles. The Morgan fingerprint density at radius 2 is 2.12 bits per heavy atom. The largest absolute Gasteiger partial charge is 0.370 e. The molecule has 0 atom stereocenters. The summed E-state index contributed by atoms with van der Waals surface area (Å²) in [5.74, 6) is 1.12. The van der Waals surface area contributed by atoms with Crippen LogP contribution in [-0.4, -0.2) is 17.8 Å². The minimum absolute atomic E-state index is 1.12. The number of rotatable bonds is 0. The van der Waals surface area contributed by atoms with Gasteiger partial charge in [0, 0.05) is 13.2 Å². The highest BCUT2D eigenvalue weighted by molar-refractivity contribution is 8.02. The molecule has 0 saturated heterocycles. The normalized spacial score (nSPS) is 15.6. The maximum absolute atomic E-state index is 2.14. The van der Waals surface area contributed by atoms with E-state index in [2.05, 4.69) is 23.6 Å². The van der Waals surface area contributed by atoms with Gasteiger partial charge >= 0.3 is 0 Å². The summed E-state index contributed by atoms with van der Waals surface area (Å²) in [5.41, 5.74) is 0. The summed E-state index contributed by atoms with van der Waals surface area (Å²) in [6.45, 7) is 4.00. The van der Waals surface area contributed by atoms with Crippen molar-refractivity contribution in [3.8, 4) is 0 Å². The first-order valence-corrected chi connectivity index (χ1v) is 3.93. The van der Waals surface area contributed by atoms with Crippen LogP contribution in [0, 0.1) is 0 Å². The molecule has 1 aliphatic heterocycles. The van der Waals surface area contributed by atoms with Gasteiger partial charge in [0.1, 0.15) is 0 Å². The van der Waals surface area contributed by atoms with Crippen molar-refractivity contribution in [2.75, 3.05) is 12.9 Å². The fraction of sp³-hybridized carbons (Fsp3) is 0.667. The van der Waals surface area contributed by atoms with E-state index in [0.717, 1.165) is 5.88 Å². The van der Waals surface area contributed by atoms with E-state index < -0.39 is 0 Å². The third-order valence-electron chi connectivity index (χ3n) is 0.690. The van der Waals surface area contributed by atoms with Gasteiger partial charge in [0.25, 0.3) is 0 Å². The SMILES string of the molecule is CC.CN1C=CSC1. The predicted octanol–water partition coefficient (Wildman–Crippen LogP) is 2.12. The minimum atomic E-state index is 1.12. The predicted molar refractivity (Wildman–Crippen MR) is 40.7 cm³/mol. The van der Waals surface area contributed by atoms with Crippen molar-refractivity contribution in [2.45, 2.75) is 13.8 Å². The summed E-state index contributed by atoms with van der Waals surface area (Å²) >= 11 is 1.83. The first kappa shape index (κ1) is 7.89. The molecule has 0 radical (unpaired) electrons. The maximum atomic E-state index is 2.14. The number of hydrogen-bond acceptors (Lipinski definition) is 2. The third kappa shape index (κ3) is 2.97. The molecule has 1 heterocycles. The van der Waals surface area contributed by atoms with Gasteiger partial charge in [-0.25, -0.2) is 0 Å². The van der Waals surface area contributed by atoms with Gasteiger partial charge in [0.05, 0.1) is 5.88 Å². The van der Waals surface area contributed by atoms with Crippen molar-refractivity contribution in [3.63, 3.8) is 0 Å². The summed E-state index contributed by atoms with van der Waals surface area (Å²) in [4.78, 5) is 2.14. The van der Waals surface area contributed by atoms with E-state index >= 15 is 0 Å². The van der Waals surface area contributed by atoms with Crippen LogP contribution in [0.5, 0.6) is 0 Å². The number of thioether (sulfide) groups is 1. The van der Waals surface area contributed by atoms with Crippen molar-refractivity contribution in [2.24, 2.45) is 0 Å². The minimum Gasteiger partial charge on any atom is -0.370 e. The second-order valence-electron chi connectivity index (χ2n) is 1.34. The van der Waals surface area contributed by atoms with E-state index in [0.29, 0.717) is 0 Å². The molecule has 0 aliphatic carbocycles. The highest BCUT2D eigenvalue weighted by atomic mass is 32.2. The van der Waals surface area contributed by atoms with E-state index in [1.807, 2.05) is 25.6 Å². The molecule has 0 aromatic carbocycles. The molecular weight excluding hydrogens is 118 g/mol. The molecule has 0 spiro atoms. The monoisotopic (exact) mass is 131 g/mol. The summed E-state index contributed by atoms with van der Waals surface area (Å²) in [5, 5.41) is 2.10. The Hall–Kier alpha value is -0.110. The topological polar surface area (TPSA) is 3.24 Å². The smallest absolute Gasteiger partial charge is 0.0671 e. The van der Waals surface area contributed by atoms with Crippen LogP contribution in [0.2, 0.25) is 0 Å². The fourth-order valence-corrected chi connectivity index (χ4v) is 1.05. The van der Waals surface area contributed by atoms with Crippen LogP contribution in [0.4, 0.5) is 0 Å². The van der Waals surface area contributed by atoms with E-state index in [4.69, 9.17) is 0 Å². The van der Waals surface area contributed by atoms with Crippen molar-refractivity contribution < 1.29 is 0 Å². The molecular formula is C6H13NS. The summed E-state index contributed by atoms with van der Waals surface area (Å²) in [7, 11) is 2.07. The van der Waals surface area contributed by atoms with Gasteiger partial charge in [0.2, 0.25) is 0 Å². The Labute approximate surface area is 55.8 Å². The molecule has 1 aliphatic rings. The lowest BCUT2D eigenvalue weighted by Crippen LogP contribution is -2.02. The first-order chi connectivity index (χ1) is 3.89. The molecule has 48 valence electrons. The van der Waals surface area contributed by atoms with Gasteiger partial charge in [-0.1, -0.05) is 13.8 Å². The van der Waals surface area contributed by atoms with Crippen LogP contribution in [0.25, 0.3) is 0 Å². The lowest BCUT2D eigenvalue weighted by atomic mass is 10.9. The zero-order chi connectivity index (χ0) is 6.41. The molecule has 0 bridgehead atoms. The molecule has 0 fully saturated rings. The third-order valence-corrected chi connectivity index (χ3v) is 1.56. The van der Waals surface area contributed by atoms with E-state index in [1.54, 1.807) is 0 Å². The lowest BCUT2D eigenvalue weighted by Gasteiger charge is -2.01. The molecule has 0 unspecified atom stereocenters. The number of nitrogens with zero attached hydrogens (tertiary/aromatic N) is 1. The average molecular weight is 131 g/mol. The second-order valence-corrected chi connectivity index (χ2v) is 2.20. The van der Waals surface area contributed by atoms with Crippen LogP contribution < -0.4 is 0 Å². The Morgan fingerprint density at radius 3 is 2.25 bits per heavy atom. The molecule has 0 N–H and O–H groups in total. The van der Waals surface area contributed by atoms with Crippen LogP contribution in [0.15, 0.2) is 11.6 Å². The lowest BCUT2D eigenvalue weighted by molar-refractivity contribution is 0.552. The highest BCUT2D eigenvalue weighted by Gasteiger charge is 1.93. The zero-order valence-electron chi connectivity index (χ0n) is 5.72. The Balaban J connectivity index is 0.000000222. The molecule has 0 aromatic heterocycles. The summed E-state index contributed by atoms with van der Waals surface area (Å²) in [6, 6.07) is 0. The fourth-order valence-electron chi connectivity index (χ4n) is 0.351. The first-order valence-electron chi connectivity index (χ1n) is 2.88. The van der Waals surface area contributed by atoms with E-state index in [1.165, 1.54) is 0 Å². The quantitative estimate of drug-likeness (QED) is 0.495. The number of hydrogen-bond donors (Lipinski definition) is 0. The van der Waals surface area contributed by atoms with Crippen LogP contribution >= 0.6 is 11.8 Å². The zero-order valence-corrected chi connectivity index (χ0v) is 6.53. The molecule has 0 amide bonds. The van der Waals surface area contributed by atoms with Crippen LogP contribution in [-0.2, 0) is 0 Å². The van der Waals surface area contributed by atoms with E-state index in [9.17, 15) is 0 Å². The summed E-state index contributed by atoms with van der Waals surface area (Å²) < 4.78 is 0. The molecule has 2 heteroatoms. The van der Waals surface area contributed by atoms with Crippen molar-refractivity contribution in [1.82, 2.24) is 4.90 Å². The van der Waals surface area contributed by atoms with Gasteiger partial charge in [-0.3, -0.25) is 0 Å². The molecule has 0 aromatic rings. The van der Waals surface area contributed by atoms with Crippen molar-refractivity contribution in [3.05, 3.63) is 11.6 Å². The second kappa shape index (κ2) is 5.04. The van der Waals surface area contributed by atoms with Crippen LogP contribution in [0.1, 0.15) is 13.8 Å². The van der Waals surface area contributed by atoms with E-state index in [-0.39, 0.29) is 0 Å². The van der Waals surface area contributed by atoms with Crippen molar-refractivity contribution >= 4 is 11.8 Å². The van der Waals surface area contributed by atoms with Crippen LogP contribution in [0.3, 0.4) is 0 Å². The van der Waals surface area contributed by atoms with Gasteiger partial charge in [-0.2, -0.15) is 0 Å². The Morgan fingerprint density at radius 1 is 1.50 bits per heavy atom. The average Bonchev–Trinajstić information content (AvgIpc) is 2.24. The standard InChI is InChI=1S/C4H7NS.C2H6/c1-5-2-3-6-4-5;1-2/h2-3H,4H2,1H3;1-2H3. The van der Waals surface area contributed by atoms with Gasteiger partial charge in [0.15, 0.2) is 0 Å². The van der Waals surface area contributed by atoms with Gasteiger partial charge in [-0.15, -0.1) is 11.8 Å². The maximum Gasteiger partial charge on any atom is 0.0671 e. The Bertz CT molecular complexity index is 70.9.